The van der Waals surface area contributed by atoms with E-state index in [0.717, 1.165) is 41.9 Å². The first-order valence-corrected chi connectivity index (χ1v) is 10.7. The molecule has 1 aromatic heterocycles. The van der Waals surface area contributed by atoms with Gasteiger partial charge in [0.05, 0.1) is 4.70 Å². The van der Waals surface area contributed by atoms with E-state index in [1.165, 1.54) is 37.5 Å². The zero-order chi connectivity index (χ0) is 18.4. The van der Waals surface area contributed by atoms with E-state index >= 15 is 0 Å². The maximum absolute atomic E-state index is 12.8. The monoisotopic (exact) mass is 386 g/mol. The van der Waals surface area contributed by atoms with Crippen LogP contribution >= 0.6 is 11.5 Å². The molecule has 2 bridgehead atoms. The second-order valence-electron chi connectivity index (χ2n) is 8.20. The number of amides is 1. The van der Waals surface area contributed by atoms with Gasteiger partial charge in [0.15, 0.2) is 0 Å². The highest BCUT2D eigenvalue weighted by Gasteiger charge is 2.35. The van der Waals surface area contributed by atoms with Crippen LogP contribution in [0.3, 0.4) is 0 Å². The SMILES string of the molecule is CN1CCC(Oc2ccc3c(C(=O)N[C@@H]4CN5CCC4CC5)nsc3c2)C1. The van der Waals surface area contributed by atoms with Crippen molar-refractivity contribution < 1.29 is 9.53 Å². The minimum Gasteiger partial charge on any atom is -0.489 e. The van der Waals surface area contributed by atoms with E-state index < -0.39 is 0 Å². The van der Waals surface area contributed by atoms with Crippen LogP contribution in [0.4, 0.5) is 0 Å². The van der Waals surface area contributed by atoms with Gasteiger partial charge in [-0.25, -0.2) is 0 Å². The second-order valence-corrected chi connectivity index (χ2v) is 9.00. The number of fused-ring (bicyclic) bond motifs is 4. The first kappa shape index (κ1) is 17.4. The van der Waals surface area contributed by atoms with Crippen molar-refractivity contribution in [3.8, 4) is 5.75 Å². The fraction of sp³-hybridized carbons (Fsp3) is 0.600. The van der Waals surface area contributed by atoms with Crippen molar-refractivity contribution in [2.75, 3.05) is 39.8 Å². The van der Waals surface area contributed by atoms with Gasteiger partial charge in [0.1, 0.15) is 17.5 Å². The normalized spacial score (nSPS) is 30.7. The summed E-state index contributed by atoms with van der Waals surface area (Å²) in [4.78, 5) is 17.6. The van der Waals surface area contributed by atoms with Crippen molar-refractivity contribution in [3.63, 3.8) is 0 Å². The number of ether oxygens (including phenoxy) is 1. The number of rotatable bonds is 4. The number of nitrogens with zero attached hydrogens (tertiary/aromatic N) is 3. The van der Waals surface area contributed by atoms with E-state index in [1.807, 2.05) is 18.2 Å². The molecule has 0 spiro atoms. The number of nitrogens with one attached hydrogen (secondary N) is 1. The average Bonchev–Trinajstić information content (AvgIpc) is 3.28. The standard InChI is InChI=1S/C20H26N4O2S/c1-23-7-6-15(11-23)26-14-2-3-16-18(10-14)27-22-19(16)20(25)21-17-12-24-8-4-13(17)5-9-24/h2-3,10,13,15,17H,4-9,11-12H2,1H3,(H,21,25)/t15?,17-/m1/s1. The van der Waals surface area contributed by atoms with Gasteiger partial charge in [0.25, 0.3) is 5.91 Å². The van der Waals surface area contributed by atoms with Crippen LogP contribution in [0.15, 0.2) is 18.2 Å². The number of hydrogen-bond donors (Lipinski definition) is 1. The summed E-state index contributed by atoms with van der Waals surface area (Å²) >= 11 is 1.38. The van der Waals surface area contributed by atoms with Gasteiger partial charge in [-0.05, 0) is 75.0 Å². The van der Waals surface area contributed by atoms with E-state index in [2.05, 4.69) is 26.5 Å². The molecule has 1 aromatic carbocycles. The molecule has 2 aromatic rings. The first-order valence-electron chi connectivity index (χ1n) is 9.93. The molecule has 4 aliphatic heterocycles. The lowest BCUT2D eigenvalue weighted by molar-refractivity contribution is 0.0619. The van der Waals surface area contributed by atoms with Crippen molar-refractivity contribution in [2.24, 2.45) is 5.92 Å². The van der Waals surface area contributed by atoms with Gasteiger partial charge in [0, 0.05) is 31.1 Å². The Bertz CT molecular complexity index is 846. The molecule has 144 valence electrons. The van der Waals surface area contributed by atoms with E-state index in [4.69, 9.17) is 4.74 Å². The fourth-order valence-electron chi connectivity index (χ4n) is 4.70. The van der Waals surface area contributed by atoms with Gasteiger partial charge in [-0.1, -0.05) is 0 Å². The Balaban J connectivity index is 1.30. The third kappa shape index (κ3) is 3.44. The molecule has 4 saturated heterocycles. The molecule has 2 atom stereocenters. The Morgan fingerprint density at radius 2 is 2.07 bits per heavy atom. The van der Waals surface area contributed by atoms with Gasteiger partial charge >= 0.3 is 0 Å². The van der Waals surface area contributed by atoms with Crippen molar-refractivity contribution in [2.45, 2.75) is 31.4 Å². The van der Waals surface area contributed by atoms with Crippen molar-refractivity contribution in [1.29, 1.82) is 0 Å². The highest BCUT2D eigenvalue weighted by molar-refractivity contribution is 7.13. The van der Waals surface area contributed by atoms with E-state index in [0.29, 0.717) is 11.6 Å². The van der Waals surface area contributed by atoms with Crippen LogP contribution in [0.1, 0.15) is 29.8 Å². The van der Waals surface area contributed by atoms with Crippen LogP contribution in [-0.4, -0.2) is 72.0 Å². The zero-order valence-corrected chi connectivity index (χ0v) is 16.5. The average molecular weight is 387 g/mol. The van der Waals surface area contributed by atoms with Gasteiger partial charge in [-0.2, -0.15) is 4.37 Å². The van der Waals surface area contributed by atoms with Crippen LogP contribution in [-0.2, 0) is 0 Å². The van der Waals surface area contributed by atoms with E-state index in [-0.39, 0.29) is 18.1 Å². The van der Waals surface area contributed by atoms with Crippen LogP contribution in [0, 0.1) is 5.92 Å². The molecule has 0 radical (unpaired) electrons. The summed E-state index contributed by atoms with van der Waals surface area (Å²) in [6, 6.07) is 6.24. The van der Waals surface area contributed by atoms with Crippen molar-refractivity contribution in [3.05, 3.63) is 23.9 Å². The van der Waals surface area contributed by atoms with Crippen LogP contribution in [0.25, 0.3) is 10.1 Å². The summed E-state index contributed by atoms with van der Waals surface area (Å²) in [7, 11) is 2.12. The number of benzene rings is 1. The first-order chi connectivity index (χ1) is 13.2. The topological polar surface area (TPSA) is 57.7 Å². The summed E-state index contributed by atoms with van der Waals surface area (Å²) in [5.74, 6) is 1.45. The summed E-state index contributed by atoms with van der Waals surface area (Å²) in [6.07, 6.45) is 3.70. The Labute approximate surface area is 163 Å². The maximum atomic E-state index is 12.8. The van der Waals surface area contributed by atoms with Crippen molar-refractivity contribution >= 4 is 27.5 Å². The predicted molar refractivity (Wildman–Crippen MR) is 107 cm³/mol. The quantitative estimate of drug-likeness (QED) is 0.873. The molecule has 4 fully saturated rings. The van der Waals surface area contributed by atoms with Crippen molar-refractivity contribution in [1.82, 2.24) is 19.5 Å². The highest BCUT2D eigenvalue weighted by atomic mass is 32.1. The second kappa shape index (κ2) is 7.04. The Morgan fingerprint density at radius 3 is 2.78 bits per heavy atom. The molecule has 0 aliphatic carbocycles. The minimum atomic E-state index is -0.0360. The lowest BCUT2D eigenvalue weighted by atomic mass is 9.84. The molecule has 4 aliphatic rings. The molecule has 1 unspecified atom stereocenters. The zero-order valence-electron chi connectivity index (χ0n) is 15.7. The molecule has 7 heteroatoms. The number of hydrogen-bond acceptors (Lipinski definition) is 6. The predicted octanol–water partition coefficient (Wildman–Crippen LogP) is 2.20. The summed E-state index contributed by atoms with van der Waals surface area (Å²) in [6.45, 7) is 5.38. The molecule has 1 amide bonds. The molecule has 5 heterocycles. The molecule has 27 heavy (non-hydrogen) atoms. The maximum Gasteiger partial charge on any atom is 0.271 e. The third-order valence-corrected chi connectivity index (χ3v) is 7.09. The Morgan fingerprint density at radius 1 is 1.22 bits per heavy atom. The number of piperidine rings is 3. The third-order valence-electron chi connectivity index (χ3n) is 6.28. The van der Waals surface area contributed by atoms with Crippen LogP contribution < -0.4 is 10.1 Å². The minimum absolute atomic E-state index is 0.0360. The number of carbonyl (C=O) groups is 1. The highest BCUT2D eigenvalue weighted by Crippen LogP contribution is 2.30. The van der Waals surface area contributed by atoms with Gasteiger partial charge < -0.3 is 19.9 Å². The molecular formula is C20H26N4O2S. The summed E-state index contributed by atoms with van der Waals surface area (Å²) in [5, 5.41) is 4.18. The largest absolute Gasteiger partial charge is 0.489 e. The fourth-order valence-corrected chi connectivity index (χ4v) is 5.51. The molecule has 6 rings (SSSR count). The van der Waals surface area contributed by atoms with E-state index in [9.17, 15) is 4.79 Å². The Hall–Kier alpha value is -1.70. The van der Waals surface area contributed by atoms with E-state index in [1.54, 1.807) is 0 Å². The summed E-state index contributed by atoms with van der Waals surface area (Å²) < 4.78 is 11.6. The van der Waals surface area contributed by atoms with Gasteiger partial charge in [-0.3, -0.25) is 4.79 Å². The molecular weight excluding hydrogens is 360 g/mol. The Kier molecular flexibility index (Phi) is 4.53. The lowest BCUT2D eigenvalue weighted by Crippen LogP contribution is -2.57. The molecule has 0 saturated carbocycles. The number of carbonyl (C=O) groups excluding carboxylic acids is 1. The number of likely N-dealkylation sites (N-methyl/N-ethyl adjacent to an activating group) is 1. The van der Waals surface area contributed by atoms with Gasteiger partial charge in [-0.15, -0.1) is 0 Å². The van der Waals surface area contributed by atoms with Crippen LogP contribution in [0.2, 0.25) is 0 Å². The summed E-state index contributed by atoms with van der Waals surface area (Å²) in [5.41, 5.74) is 0.554. The number of likely N-dealkylation sites (tertiary alicyclic amines) is 1. The lowest BCUT2D eigenvalue weighted by Gasteiger charge is -2.44. The molecule has 1 N–H and O–H groups in total. The van der Waals surface area contributed by atoms with Gasteiger partial charge in [0.2, 0.25) is 0 Å². The molecule has 6 nitrogen and oxygen atoms in total. The smallest absolute Gasteiger partial charge is 0.271 e. The van der Waals surface area contributed by atoms with Crippen LogP contribution in [0.5, 0.6) is 5.75 Å². The number of aromatic nitrogens is 1.